The molecule has 2 heterocycles. The number of aromatic amines is 1. The molecule has 5 nitrogen and oxygen atoms in total. The summed E-state index contributed by atoms with van der Waals surface area (Å²) in [7, 11) is 0. The summed E-state index contributed by atoms with van der Waals surface area (Å²) in [6, 6.07) is 9.99. The number of hydrogen-bond donors (Lipinski definition) is 1. The van der Waals surface area contributed by atoms with Gasteiger partial charge in [-0.3, -0.25) is 9.67 Å². The predicted octanol–water partition coefficient (Wildman–Crippen LogP) is 1.97. The zero-order valence-corrected chi connectivity index (χ0v) is 9.33. The van der Waals surface area contributed by atoms with Crippen molar-refractivity contribution in [3.8, 4) is 17.1 Å². The van der Waals surface area contributed by atoms with E-state index in [1.54, 1.807) is 12.5 Å². The van der Waals surface area contributed by atoms with Gasteiger partial charge in [0.25, 0.3) is 0 Å². The summed E-state index contributed by atoms with van der Waals surface area (Å²) < 4.78 is 1.94. The molecule has 1 N–H and O–H groups in total. The number of nitrogens with one attached hydrogen (secondary N) is 1. The van der Waals surface area contributed by atoms with Crippen LogP contribution in [0.1, 0.15) is 5.69 Å². The average molecular weight is 225 g/mol. The first-order valence-corrected chi connectivity index (χ1v) is 5.32. The molecule has 2 aromatic heterocycles. The Hall–Kier alpha value is -2.43. The zero-order chi connectivity index (χ0) is 11.7. The van der Waals surface area contributed by atoms with Gasteiger partial charge in [-0.05, 0) is 19.1 Å². The molecule has 0 bridgehead atoms. The first-order chi connectivity index (χ1) is 8.36. The predicted molar refractivity (Wildman–Crippen MR) is 63.7 cm³/mol. The quantitative estimate of drug-likeness (QED) is 0.725. The van der Waals surface area contributed by atoms with Gasteiger partial charge in [-0.15, -0.1) is 10.2 Å². The van der Waals surface area contributed by atoms with Crippen molar-refractivity contribution in [3.05, 3.63) is 48.5 Å². The lowest BCUT2D eigenvalue weighted by atomic mass is 10.2. The Balaban J connectivity index is 2.16. The lowest BCUT2D eigenvalue weighted by molar-refractivity contribution is 1.04. The van der Waals surface area contributed by atoms with Crippen molar-refractivity contribution in [1.82, 2.24) is 25.0 Å². The molecule has 0 spiro atoms. The van der Waals surface area contributed by atoms with Crippen LogP contribution in [0.25, 0.3) is 17.1 Å². The van der Waals surface area contributed by atoms with E-state index >= 15 is 0 Å². The zero-order valence-electron chi connectivity index (χ0n) is 9.33. The third kappa shape index (κ3) is 1.61. The molecule has 84 valence electrons. The first kappa shape index (κ1) is 9.77. The summed E-state index contributed by atoms with van der Waals surface area (Å²) in [6.45, 7) is 1.96. The van der Waals surface area contributed by atoms with Gasteiger partial charge in [0.2, 0.25) is 0 Å². The molecule has 0 fully saturated rings. The molecule has 5 heteroatoms. The molecule has 0 aliphatic rings. The van der Waals surface area contributed by atoms with Gasteiger partial charge >= 0.3 is 0 Å². The second kappa shape index (κ2) is 3.86. The van der Waals surface area contributed by atoms with Crippen LogP contribution in [0.2, 0.25) is 0 Å². The van der Waals surface area contributed by atoms with Gasteiger partial charge in [0.15, 0.2) is 5.82 Å². The third-order valence-electron chi connectivity index (χ3n) is 2.65. The van der Waals surface area contributed by atoms with Gasteiger partial charge in [-0.25, -0.2) is 0 Å². The molecule has 17 heavy (non-hydrogen) atoms. The molecule has 3 aromatic rings. The fourth-order valence-electron chi connectivity index (χ4n) is 1.77. The van der Waals surface area contributed by atoms with Gasteiger partial charge < -0.3 is 0 Å². The fourth-order valence-corrected chi connectivity index (χ4v) is 1.77. The van der Waals surface area contributed by atoms with E-state index in [0.717, 1.165) is 22.8 Å². The van der Waals surface area contributed by atoms with E-state index < -0.39 is 0 Å². The largest absolute Gasteiger partial charge is 0.282 e. The van der Waals surface area contributed by atoms with Gasteiger partial charge in [-0.1, -0.05) is 18.2 Å². The highest BCUT2D eigenvalue weighted by molar-refractivity contribution is 5.59. The Labute approximate surface area is 98.1 Å². The lowest BCUT2D eigenvalue weighted by Crippen LogP contribution is -1.96. The Morgan fingerprint density at radius 1 is 1.18 bits per heavy atom. The van der Waals surface area contributed by atoms with Crippen LogP contribution in [-0.4, -0.2) is 25.0 Å². The van der Waals surface area contributed by atoms with Crippen LogP contribution < -0.4 is 0 Å². The van der Waals surface area contributed by atoms with Crippen LogP contribution in [0.4, 0.5) is 0 Å². The number of rotatable bonds is 2. The van der Waals surface area contributed by atoms with Crippen LogP contribution in [0.3, 0.4) is 0 Å². The SMILES string of the molecule is Cc1[nH]ncc1-c1nncn1-c1ccccc1. The molecule has 0 amide bonds. The van der Waals surface area contributed by atoms with Crippen molar-refractivity contribution >= 4 is 0 Å². The van der Waals surface area contributed by atoms with Crippen LogP contribution >= 0.6 is 0 Å². The Morgan fingerprint density at radius 3 is 2.71 bits per heavy atom. The van der Waals surface area contributed by atoms with Gasteiger partial charge in [0.1, 0.15) is 6.33 Å². The minimum Gasteiger partial charge on any atom is -0.282 e. The van der Waals surface area contributed by atoms with E-state index in [1.165, 1.54) is 0 Å². The normalized spacial score (nSPS) is 10.6. The van der Waals surface area contributed by atoms with Gasteiger partial charge in [-0.2, -0.15) is 5.10 Å². The van der Waals surface area contributed by atoms with Gasteiger partial charge in [0, 0.05) is 11.4 Å². The third-order valence-corrected chi connectivity index (χ3v) is 2.65. The minimum atomic E-state index is 0.794. The Bertz CT molecular complexity index is 623. The Morgan fingerprint density at radius 2 is 2.00 bits per heavy atom. The van der Waals surface area contributed by atoms with E-state index in [1.807, 2.05) is 41.8 Å². The number of para-hydroxylation sites is 1. The van der Waals surface area contributed by atoms with Crippen molar-refractivity contribution in [2.24, 2.45) is 0 Å². The van der Waals surface area contributed by atoms with E-state index in [4.69, 9.17) is 0 Å². The van der Waals surface area contributed by atoms with E-state index in [-0.39, 0.29) is 0 Å². The molecule has 1 aromatic carbocycles. The van der Waals surface area contributed by atoms with Crippen LogP contribution in [0, 0.1) is 6.92 Å². The van der Waals surface area contributed by atoms with Crippen molar-refractivity contribution in [2.45, 2.75) is 6.92 Å². The monoisotopic (exact) mass is 225 g/mol. The van der Waals surface area contributed by atoms with E-state index in [9.17, 15) is 0 Å². The lowest BCUT2D eigenvalue weighted by Gasteiger charge is -2.04. The van der Waals surface area contributed by atoms with Crippen molar-refractivity contribution in [1.29, 1.82) is 0 Å². The highest BCUT2D eigenvalue weighted by Crippen LogP contribution is 2.21. The second-order valence-electron chi connectivity index (χ2n) is 3.77. The summed E-state index contributed by atoms with van der Waals surface area (Å²) in [6.07, 6.45) is 3.47. The number of nitrogens with zero attached hydrogens (tertiary/aromatic N) is 4. The molecule has 0 radical (unpaired) electrons. The van der Waals surface area contributed by atoms with Gasteiger partial charge in [0.05, 0.1) is 11.8 Å². The van der Waals surface area contributed by atoms with Crippen molar-refractivity contribution < 1.29 is 0 Å². The molecule has 0 aliphatic heterocycles. The van der Waals surface area contributed by atoms with Crippen LogP contribution in [0.15, 0.2) is 42.9 Å². The molecule has 0 atom stereocenters. The number of hydrogen-bond acceptors (Lipinski definition) is 3. The topological polar surface area (TPSA) is 59.4 Å². The first-order valence-electron chi connectivity index (χ1n) is 5.32. The Kier molecular flexibility index (Phi) is 2.22. The molecule has 0 unspecified atom stereocenters. The maximum atomic E-state index is 4.15. The summed E-state index contributed by atoms with van der Waals surface area (Å²) in [5, 5.41) is 15.0. The highest BCUT2D eigenvalue weighted by atomic mass is 15.3. The summed E-state index contributed by atoms with van der Waals surface area (Å²) in [5.41, 5.74) is 2.98. The number of aromatic nitrogens is 5. The summed E-state index contributed by atoms with van der Waals surface area (Å²) in [5.74, 6) is 0.794. The standard InChI is InChI=1S/C12H11N5/c1-9-11(7-13-15-9)12-16-14-8-17(12)10-5-3-2-4-6-10/h2-8H,1H3,(H,13,15). The molecule has 0 saturated heterocycles. The number of benzene rings is 1. The molecule has 3 rings (SSSR count). The number of H-pyrrole nitrogens is 1. The smallest absolute Gasteiger partial charge is 0.171 e. The van der Waals surface area contributed by atoms with Crippen LogP contribution in [0.5, 0.6) is 0 Å². The van der Waals surface area contributed by atoms with Crippen molar-refractivity contribution in [3.63, 3.8) is 0 Å². The summed E-state index contributed by atoms with van der Waals surface area (Å²) in [4.78, 5) is 0. The van der Waals surface area contributed by atoms with Crippen LogP contribution in [-0.2, 0) is 0 Å². The minimum absolute atomic E-state index is 0.794. The highest BCUT2D eigenvalue weighted by Gasteiger charge is 2.12. The maximum Gasteiger partial charge on any atom is 0.171 e. The van der Waals surface area contributed by atoms with E-state index in [0.29, 0.717) is 0 Å². The molecular formula is C12H11N5. The molecule has 0 aliphatic carbocycles. The number of aryl methyl sites for hydroxylation is 1. The second-order valence-corrected chi connectivity index (χ2v) is 3.77. The van der Waals surface area contributed by atoms with Crippen molar-refractivity contribution in [2.75, 3.05) is 0 Å². The maximum absolute atomic E-state index is 4.15. The summed E-state index contributed by atoms with van der Waals surface area (Å²) >= 11 is 0. The van der Waals surface area contributed by atoms with E-state index in [2.05, 4.69) is 20.4 Å². The fraction of sp³-hybridized carbons (Fsp3) is 0.0833. The average Bonchev–Trinajstić information content (AvgIpc) is 2.98. The molecule has 0 saturated carbocycles. The molecular weight excluding hydrogens is 214 g/mol.